The molecule has 48 valence electrons. The summed E-state index contributed by atoms with van der Waals surface area (Å²) in [7, 11) is -0.983. The standard InChI is InChI=1S/C4H8O3S/c5-3-1-8(7)2-4(3)6/h3-6H,1-2H2/t3-,4+,8?. The number of hydrogen-bond acceptors (Lipinski definition) is 3. The van der Waals surface area contributed by atoms with Crippen LogP contribution in [0.3, 0.4) is 0 Å². The van der Waals surface area contributed by atoms with Gasteiger partial charge in [0.1, 0.15) is 0 Å². The van der Waals surface area contributed by atoms with Gasteiger partial charge in [-0.15, -0.1) is 0 Å². The van der Waals surface area contributed by atoms with Gasteiger partial charge in [-0.2, -0.15) is 0 Å². The minimum Gasteiger partial charge on any atom is -0.389 e. The molecule has 0 aromatic carbocycles. The summed E-state index contributed by atoms with van der Waals surface area (Å²) in [6, 6.07) is 0. The fraction of sp³-hybridized carbons (Fsp3) is 1.00. The van der Waals surface area contributed by atoms with E-state index in [1.807, 2.05) is 0 Å². The molecule has 0 aromatic rings. The second-order valence-corrected chi connectivity index (χ2v) is 3.45. The number of hydrogen-bond donors (Lipinski definition) is 2. The van der Waals surface area contributed by atoms with Crippen LogP contribution in [0.15, 0.2) is 0 Å². The average Bonchev–Trinajstić information content (AvgIpc) is 1.85. The van der Waals surface area contributed by atoms with E-state index in [9.17, 15) is 4.21 Å². The Morgan fingerprint density at radius 3 is 1.75 bits per heavy atom. The fourth-order valence-electron chi connectivity index (χ4n) is 0.671. The van der Waals surface area contributed by atoms with Crippen LogP contribution in [0.25, 0.3) is 0 Å². The summed E-state index contributed by atoms with van der Waals surface area (Å²) in [5.74, 6) is 0.475. The molecule has 0 saturated carbocycles. The Morgan fingerprint density at radius 1 is 1.25 bits per heavy atom. The van der Waals surface area contributed by atoms with Gasteiger partial charge >= 0.3 is 0 Å². The van der Waals surface area contributed by atoms with Crippen molar-refractivity contribution < 1.29 is 14.4 Å². The zero-order chi connectivity index (χ0) is 6.15. The lowest BCUT2D eigenvalue weighted by Gasteiger charge is -2.01. The van der Waals surface area contributed by atoms with Crippen LogP contribution in [0.1, 0.15) is 0 Å². The van der Waals surface area contributed by atoms with Crippen molar-refractivity contribution >= 4 is 10.8 Å². The van der Waals surface area contributed by atoms with Gasteiger partial charge in [0.05, 0.1) is 23.7 Å². The maximum atomic E-state index is 10.5. The lowest BCUT2D eigenvalue weighted by Crippen LogP contribution is -2.22. The lowest BCUT2D eigenvalue weighted by atomic mass is 10.3. The molecule has 4 heteroatoms. The van der Waals surface area contributed by atoms with E-state index >= 15 is 0 Å². The van der Waals surface area contributed by atoms with Gasteiger partial charge in [0.2, 0.25) is 0 Å². The predicted molar refractivity (Wildman–Crippen MR) is 29.9 cm³/mol. The molecule has 3 atom stereocenters. The predicted octanol–water partition coefficient (Wildman–Crippen LogP) is -1.53. The molecule has 8 heavy (non-hydrogen) atoms. The topological polar surface area (TPSA) is 57.5 Å². The molecule has 1 fully saturated rings. The molecule has 2 N–H and O–H groups in total. The highest BCUT2D eigenvalue weighted by atomic mass is 32.2. The second-order valence-electron chi connectivity index (χ2n) is 1.91. The van der Waals surface area contributed by atoms with Crippen LogP contribution in [0, 0.1) is 0 Å². The van der Waals surface area contributed by atoms with Crippen molar-refractivity contribution in [1.82, 2.24) is 0 Å². The largest absolute Gasteiger partial charge is 0.389 e. The van der Waals surface area contributed by atoms with Crippen LogP contribution in [0.5, 0.6) is 0 Å². The van der Waals surface area contributed by atoms with E-state index in [4.69, 9.17) is 10.2 Å². The maximum Gasteiger partial charge on any atom is 0.0923 e. The molecule has 1 heterocycles. The summed E-state index contributed by atoms with van der Waals surface area (Å²) in [5, 5.41) is 17.5. The van der Waals surface area contributed by atoms with Gasteiger partial charge in [-0.1, -0.05) is 0 Å². The van der Waals surface area contributed by atoms with Crippen LogP contribution in [-0.4, -0.2) is 38.1 Å². The monoisotopic (exact) mass is 136 g/mol. The highest BCUT2D eigenvalue weighted by Crippen LogP contribution is 2.07. The van der Waals surface area contributed by atoms with Crippen molar-refractivity contribution in [2.75, 3.05) is 11.5 Å². The Morgan fingerprint density at radius 2 is 1.62 bits per heavy atom. The van der Waals surface area contributed by atoms with Crippen LogP contribution >= 0.6 is 0 Å². The molecule has 1 saturated heterocycles. The van der Waals surface area contributed by atoms with E-state index in [1.165, 1.54) is 0 Å². The molecule has 0 aromatic heterocycles. The van der Waals surface area contributed by atoms with E-state index in [2.05, 4.69) is 0 Å². The van der Waals surface area contributed by atoms with Gasteiger partial charge in [0.25, 0.3) is 0 Å². The number of aliphatic hydroxyl groups is 2. The Kier molecular flexibility index (Phi) is 1.65. The summed E-state index contributed by atoms with van der Waals surface area (Å²) in [6.45, 7) is 0. The molecule has 0 amide bonds. The maximum absolute atomic E-state index is 10.5. The van der Waals surface area contributed by atoms with Gasteiger partial charge in [0, 0.05) is 10.8 Å². The van der Waals surface area contributed by atoms with Crippen LogP contribution < -0.4 is 0 Å². The summed E-state index contributed by atoms with van der Waals surface area (Å²) in [5.41, 5.74) is 0. The van der Waals surface area contributed by atoms with Gasteiger partial charge in [0.15, 0.2) is 0 Å². The average molecular weight is 136 g/mol. The van der Waals surface area contributed by atoms with Crippen LogP contribution in [0.4, 0.5) is 0 Å². The minimum absolute atomic E-state index is 0.237. The van der Waals surface area contributed by atoms with Gasteiger partial charge in [-0.25, -0.2) is 0 Å². The molecule has 1 rings (SSSR count). The summed E-state index contributed by atoms with van der Waals surface area (Å²) in [4.78, 5) is 0. The first-order chi connectivity index (χ1) is 3.70. The second kappa shape index (κ2) is 2.13. The molecule has 0 aliphatic carbocycles. The van der Waals surface area contributed by atoms with Crippen molar-refractivity contribution in [3.63, 3.8) is 0 Å². The van der Waals surface area contributed by atoms with Crippen molar-refractivity contribution in [3.8, 4) is 0 Å². The lowest BCUT2D eigenvalue weighted by molar-refractivity contribution is 0.0572. The molecule has 1 unspecified atom stereocenters. The zero-order valence-electron chi connectivity index (χ0n) is 4.28. The molecule has 1 aliphatic heterocycles. The summed E-state index contributed by atoms with van der Waals surface area (Å²) >= 11 is 0. The Balaban J connectivity index is 2.51. The molecule has 3 nitrogen and oxygen atoms in total. The van der Waals surface area contributed by atoms with Crippen LogP contribution in [-0.2, 0) is 10.8 Å². The molecule has 1 aliphatic rings. The fourth-order valence-corrected chi connectivity index (χ4v) is 2.01. The zero-order valence-corrected chi connectivity index (χ0v) is 5.10. The molecule has 0 radical (unpaired) electrons. The number of aliphatic hydroxyl groups excluding tert-OH is 2. The third-order valence-electron chi connectivity index (χ3n) is 1.16. The van der Waals surface area contributed by atoms with Crippen molar-refractivity contribution in [1.29, 1.82) is 0 Å². The first-order valence-electron chi connectivity index (χ1n) is 2.41. The first-order valence-corrected chi connectivity index (χ1v) is 3.90. The Bertz CT molecular complexity index is 102. The highest BCUT2D eigenvalue weighted by molar-refractivity contribution is 7.85. The quantitative estimate of drug-likeness (QED) is 0.425. The van der Waals surface area contributed by atoms with Crippen LogP contribution in [0.2, 0.25) is 0 Å². The van der Waals surface area contributed by atoms with Gasteiger partial charge in [-0.3, -0.25) is 4.21 Å². The van der Waals surface area contributed by atoms with Crippen molar-refractivity contribution in [2.45, 2.75) is 12.2 Å². The highest BCUT2D eigenvalue weighted by Gasteiger charge is 2.28. The van der Waals surface area contributed by atoms with E-state index in [0.29, 0.717) is 0 Å². The Hall–Kier alpha value is 0.0700. The summed E-state index contributed by atoms with van der Waals surface area (Å²) < 4.78 is 10.5. The normalized spacial score (nSPS) is 47.5. The van der Waals surface area contributed by atoms with E-state index in [1.54, 1.807) is 0 Å². The van der Waals surface area contributed by atoms with E-state index in [0.717, 1.165) is 0 Å². The third-order valence-corrected chi connectivity index (χ3v) is 2.58. The smallest absolute Gasteiger partial charge is 0.0923 e. The van der Waals surface area contributed by atoms with E-state index < -0.39 is 23.0 Å². The van der Waals surface area contributed by atoms with Gasteiger partial charge < -0.3 is 10.2 Å². The SMILES string of the molecule is O=S1C[C@@H](O)[C@@H](O)C1. The number of rotatable bonds is 0. The molecule has 0 bridgehead atoms. The van der Waals surface area contributed by atoms with E-state index in [-0.39, 0.29) is 11.5 Å². The minimum atomic E-state index is -0.983. The third kappa shape index (κ3) is 1.07. The molecule has 0 spiro atoms. The van der Waals surface area contributed by atoms with Crippen molar-refractivity contribution in [2.24, 2.45) is 0 Å². The first kappa shape index (κ1) is 6.19. The molecular weight excluding hydrogens is 128 g/mol. The molecular formula is C4H8O3S. The van der Waals surface area contributed by atoms with Gasteiger partial charge in [-0.05, 0) is 0 Å². The summed E-state index contributed by atoms with van der Waals surface area (Å²) in [6.07, 6.45) is -1.51. The van der Waals surface area contributed by atoms with Crippen molar-refractivity contribution in [3.05, 3.63) is 0 Å². The Labute approximate surface area is 49.8 Å².